The van der Waals surface area contributed by atoms with E-state index in [9.17, 15) is 4.79 Å². The zero-order valence-corrected chi connectivity index (χ0v) is 13.9. The average Bonchev–Trinajstić information content (AvgIpc) is 3.11. The summed E-state index contributed by atoms with van der Waals surface area (Å²) >= 11 is 1.76. The first-order valence-corrected chi connectivity index (χ1v) is 8.34. The molecular formula is C17H18N2O3S. The van der Waals surface area contributed by atoms with Gasteiger partial charge >= 0.3 is 0 Å². The third-order valence-corrected chi connectivity index (χ3v) is 5.04. The van der Waals surface area contributed by atoms with E-state index in [2.05, 4.69) is 4.98 Å². The van der Waals surface area contributed by atoms with Crippen LogP contribution >= 0.6 is 11.8 Å². The summed E-state index contributed by atoms with van der Waals surface area (Å²) in [6, 6.07) is 9.17. The molecule has 0 N–H and O–H groups in total. The van der Waals surface area contributed by atoms with Crippen LogP contribution in [0.25, 0.3) is 0 Å². The standard InChI is InChI=1S/C17H18N2O3S/c1-21-13-3-4-14(15(11-13)22-2)16(20)19-9-10-23-17(19)12-5-7-18-8-6-12/h3-8,11,17H,9-10H2,1-2H3. The van der Waals surface area contributed by atoms with Crippen LogP contribution in [0, 0.1) is 0 Å². The van der Waals surface area contributed by atoms with Gasteiger partial charge < -0.3 is 14.4 Å². The van der Waals surface area contributed by atoms with Crippen molar-refractivity contribution in [2.75, 3.05) is 26.5 Å². The molecule has 1 amide bonds. The highest BCUT2D eigenvalue weighted by atomic mass is 32.2. The minimum atomic E-state index is -0.0312. The summed E-state index contributed by atoms with van der Waals surface area (Å²) in [6.07, 6.45) is 3.51. The molecule has 0 bridgehead atoms. The fourth-order valence-corrected chi connectivity index (χ4v) is 3.87. The normalized spacial score (nSPS) is 17.1. The van der Waals surface area contributed by atoms with Crippen LogP contribution in [0.4, 0.5) is 0 Å². The van der Waals surface area contributed by atoms with Gasteiger partial charge in [-0.3, -0.25) is 9.78 Å². The Kier molecular flexibility index (Phi) is 4.71. The summed E-state index contributed by atoms with van der Waals surface area (Å²) in [7, 11) is 3.15. The summed E-state index contributed by atoms with van der Waals surface area (Å²) in [4.78, 5) is 18.9. The van der Waals surface area contributed by atoms with Gasteiger partial charge in [-0.05, 0) is 29.8 Å². The Balaban J connectivity index is 1.90. The summed E-state index contributed by atoms with van der Waals surface area (Å²) in [5.74, 6) is 2.08. The number of benzene rings is 1. The van der Waals surface area contributed by atoms with Gasteiger partial charge in [0.1, 0.15) is 16.9 Å². The van der Waals surface area contributed by atoms with Gasteiger partial charge in [0.2, 0.25) is 0 Å². The van der Waals surface area contributed by atoms with Gasteiger partial charge in [-0.15, -0.1) is 11.8 Å². The van der Waals surface area contributed by atoms with E-state index in [1.807, 2.05) is 17.0 Å². The van der Waals surface area contributed by atoms with E-state index in [-0.39, 0.29) is 11.3 Å². The van der Waals surface area contributed by atoms with Gasteiger partial charge in [0, 0.05) is 30.8 Å². The van der Waals surface area contributed by atoms with E-state index < -0.39 is 0 Å². The van der Waals surface area contributed by atoms with Crippen molar-refractivity contribution in [1.29, 1.82) is 0 Å². The molecule has 0 saturated carbocycles. The van der Waals surface area contributed by atoms with Gasteiger partial charge in [-0.2, -0.15) is 0 Å². The summed E-state index contributed by atoms with van der Waals surface area (Å²) < 4.78 is 10.6. The average molecular weight is 330 g/mol. The fourth-order valence-electron chi connectivity index (χ4n) is 2.61. The first-order valence-electron chi connectivity index (χ1n) is 7.29. The lowest BCUT2D eigenvalue weighted by Gasteiger charge is -2.25. The third-order valence-electron chi connectivity index (χ3n) is 3.78. The van der Waals surface area contributed by atoms with Crippen LogP contribution in [0.2, 0.25) is 0 Å². The summed E-state index contributed by atoms with van der Waals surface area (Å²) in [5, 5.41) is 0.0114. The molecule has 6 heteroatoms. The van der Waals surface area contributed by atoms with Crippen LogP contribution in [0.1, 0.15) is 21.3 Å². The first kappa shape index (κ1) is 15.7. The van der Waals surface area contributed by atoms with Crippen LogP contribution in [-0.4, -0.2) is 42.3 Å². The Bertz CT molecular complexity index is 693. The fraction of sp³-hybridized carbons (Fsp3) is 0.294. The molecule has 1 fully saturated rings. The Hall–Kier alpha value is -2.21. The van der Waals surface area contributed by atoms with Gasteiger partial charge in [0.05, 0.1) is 19.8 Å². The molecule has 0 spiro atoms. The lowest BCUT2D eigenvalue weighted by Crippen LogP contribution is -2.30. The molecule has 1 aliphatic heterocycles. The number of methoxy groups -OCH3 is 2. The van der Waals surface area contributed by atoms with E-state index in [0.29, 0.717) is 23.6 Å². The molecule has 5 nitrogen and oxygen atoms in total. The molecule has 2 heterocycles. The van der Waals surface area contributed by atoms with Crippen LogP contribution in [-0.2, 0) is 0 Å². The highest BCUT2D eigenvalue weighted by Gasteiger charge is 2.32. The number of rotatable bonds is 4. The minimum Gasteiger partial charge on any atom is -0.497 e. The Morgan fingerprint density at radius 3 is 2.70 bits per heavy atom. The highest BCUT2D eigenvalue weighted by Crippen LogP contribution is 2.39. The number of aromatic nitrogens is 1. The van der Waals surface area contributed by atoms with Crippen molar-refractivity contribution in [3.8, 4) is 11.5 Å². The van der Waals surface area contributed by atoms with Gasteiger partial charge in [-0.1, -0.05) is 0 Å². The van der Waals surface area contributed by atoms with Crippen molar-refractivity contribution < 1.29 is 14.3 Å². The molecule has 2 aromatic rings. The molecule has 3 rings (SSSR count). The predicted octanol–water partition coefficient (Wildman–Crippen LogP) is 2.99. The second-order valence-electron chi connectivity index (χ2n) is 5.07. The Morgan fingerprint density at radius 2 is 2.00 bits per heavy atom. The molecule has 0 radical (unpaired) electrons. The van der Waals surface area contributed by atoms with Crippen LogP contribution in [0.5, 0.6) is 11.5 Å². The van der Waals surface area contributed by atoms with E-state index in [1.165, 1.54) is 0 Å². The van der Waals surface area contributed by atoms with E-state index in [4.69, 9.17) is 9.47 Å². The summed E-state index contributed by atoms with van der Waals surface area (Å²) in [5.41, 5.74) is 1.64. The number of pyridine rings is 1. The largest absolute Gasteiger partial charge is 0.497 e. The molecule has 120 valence electrons. The van der Waals surface area contributed by atoms with E-state index in [1.54, 1.807) is 56.6 Å². The van der Waals surface area contributed by atoms with Gasteiger partial charge in [0.15, 0.2) is 0 Å². The quantitative estimate of drug-likeness (QED) is 0.862. The second kappa shape index (κ2) is 6.91. The molecule has 1 aromatic carbocycles. The lowest BCUT2D eigenvalue weighted by atomic mass is 10.1. The molecular weight excluding hydrogens is 312 g/mol. The number of thioether (sulfide) groups is 1. The Labute approximate surface area is 139 Å². The summed E-state index contributed by atoms with van der Waals surface area (Å²) in [6.45, 7) is 0.714. The van der Waals surface area contributed by atoms with Crippen molar-refractivity contribution in [3.05, 3.63) is 53.9 Å². The number of carbonyl (C=O) groups is 1. The lowest BCUT2D eigenvalue weighted by molar-refractivity contribution is 0.0757. The molecule has 1 aliphatic rings. The maximum absolute atomic E-state index is 13.0. The number of carbonyl (C=O) groups excluding carboxylic acids is 1. The molecule has 1 aromatic heterocycles. The zero-order valence-electron chi connectivity index (χ0n) is 13.1. The van der Waals surface area contributed by atoms with Crippen molar-refractivity contribution in [2.24, 2.45) is 0 Å². The predicted molar refractivity (Wildman–Crippen MR) is 90.0 cm³/mol. The number of hydrogen-bond acceptors (Lipinski definition) is 5. The number of hydrogen-bond donors (Lipinski definition) is 0. The minimum absolute atomic E-state index is 0.0114. The third kappa shape index (κ3) is 3.12. The van der Waals surface area contributed by atoms with Crippen LogP contribution in [0.15, 0.2) is 42.7 Å². The van der Waals surface area contributed by atoms with Crippen molar-refractivity contribution in [1.82, 2.24) is 9.88 Å². The zero-order chi connectivity index (χ0) is 16.2. The number of ether oxygens (including phenoxy) is 2. The molecule has 1 atom stereocenters. The van der Waals surface area contributed by atoms with Gasteiger partial charge in [-0.25, -0.2) is 0 Å². The SMILES string of the molecule is COc1ccc(C(=O)N2CCSC2c2ccncc2)c(OC)c1. The molecule has 1 unspecified atom stereocenters. The molecule has 23 heavy (non-hydrogen) atoms. The number of amides is 1. The Morgan fingerprint density at radius 1 is 1.22 bits per heavy atom. The van der Waals surface area contributed by atoms with E-state index in [0.717, 1.165) is 11.3 Å². The van der Waals surface area contributed by atoms with Crippen molar-refractivity contribution >= 4 is 17.7 Å². The molecule has 0 aliphatic carbocycles. The van der Waals surface area contributed by atoms with Crippen LogP contribution < -0.4 is 9.47 Å². The first-order chi connectivity index (χ1) is 11.2. The van der Waals surface area contributed by atoms with Crippen molar-refractivity contribution in [3.63, 3.8) is 0 Å². The number of nitrogens with zero attached hydrogens (tertiary/aromatic N) is 2. The van der Waals surface area contributed by atoms with E-state index >= 15 is 0 Å². The van der Waals surface area contributed by atoms with Gasteiger partial charge in [0.25, 0.3) is 5.91 Å². The van der Waals surface area contributed by atoms with Crippen LogP contribution in [0.3, 0.4) is 0 Å². The smallest absolute Gasteiger partial charge is 0.258 e. The topological polar surface area (TPSA) is 51.7 Å². The second-order valence-corrected chi connectivity index (χ2v) is 6.26. The van der Waals surface area contributed by atoms with Crippen molar-refractivity contribution in [2.45, 2.75) is 5.37 Å². The highest BCUT2D eigenvalue weighted by molar-refractivity contribution is 7.99. The maximum Gasteiger partial charge on any atom is 0.258 e. The molecule has 1 saturated heterocycles. The monoisotopic (exact) mass is 330 g/mol. The maximum atomic E-state index is 13.0.